The molecule has 0 bridgehead atoms. The van der Waals surface area contributed by atoms with E-state index in [1.54, 1.807) is 6.92 Å². The maximum absolute atomic E-state index is 10.5. The van der Waals surface area contributed by atoms with Gasteiger partial charge in [-0.3, -0.25) is 4.90 Å². The monoisotopic (exact) mass is 297 g/mol. The molecule has 1 heterocycles. The van der Waals surface area contributed by atoms with Crippen molar-refractivity contribution in [2.45, 2.75) is 37.6 Å². The van der Waals surface area contributed by atoms with Crippen LogP contribution in [0.15, 0.2) is 60.7 Å². The molecule has 0 spiro atoms. The van der Waals surface area contributed by atoms with Gasteiger partial charge in [-0.05, 0) is 24.5 Å². The number of likely N-dealkylation sites (tertiary alicyclic amines) is 1. The second-order valence-corrected chi connectivity index (χ2v) is 6.43. The molecule has 2 aromatic rings. The van der Waals surface area contributed by atoms with E-state index in [-0.39, 0.29) is 6.04 Å². The van der Waals surface area contributed by atoms with Crippen LogP contribution in [0.3, 0.4) is 0 Å². The van der Waals surface area contributed by atoms with Gasteiger partial charge >= 0.3 is 0 Å². The van der Waals surface area contributed by atoms with Crippen molar-refractivity contribution in [2.75, 3.05) is 6.54 Å². The molecule has 0 radical (unpaired) electrons. The van der Waals surface area contributed by atoms with Crippen molar-refractivity contribution in [3.8, 4) is 0 Å². The molecule has 3 rings (SSSR count). The van der Waals surface area contributed by atoms with Crippen molar-refractivity contribution in [3.05, 3.63) is 71.8 Å². The van der Waals surface area contributed by atoms with E-state index in [0.717, 1.165) is 6.54 Å². The summed E-state index contributed by atoms with van der Waals surface area (Å²) in [6.07, 6.45) is -0.158. The maximum Gasteiger partial charge on any atom is 0.100 e. The SMILES string of the molecule is C[C@]1(O)CN(Cc2ccccc2)[C@@H](c2ccccc2)C[C@@H]1O. The maximum atomic E-state index is 10.5. The van der Waals surface area contributed by atoms with Crippen LogP contribution in [0.2, 0.25) is 0 Å². The van der Waals surface area contributed by atoms with Gasteiger partial charge in [-0.2, -0.15) is 0 Å². The lowest BCUT2D eigenvalue weighted by Crippen LogP contribution is -2.55. The Kier molecular flexibility index (Phi) is 4.30. The third kappa shape index (κ3) is 3.22. The van der Waals surface area contributed by atoms with Gasteiger partial charge in [-0.1, -0.05) is 60.7 Å². The van der Waals surface area contributed by atoms with E-state index in [0.29, 0.717) is 13.0 Å². The largest absolute Gasteiger partial charge is 0.390 e. The molecule has 1 aliphatic rings. The molecule has 22 heavy (non-hydrogen) atoms. The zero-order chi connectivity index (χ0) is 15.6. The van der Waals surface area contributed by atoms with Gasteiger partial charge in [0.15, 0.2) is 0 Å². The molecule has 116 valence electrons. The van der Waals surface area contributed by atoms with E-state index >= 15 is 0 Å². The van der Waals surface area contributed by atoms with Gasteiger partial charge in [0.05, 0.1) is 6.10 Å². The number of aliphatic hydroxyl groups excluding tert-OH is 1. The number of aliphatic hydroxyl groups is 2. The predicted octanol–water partition coefficient (Wildman–Crippen LogP) is 2.75. The van der Waals surface area contributed by atoms with Crippen LogP contribution < -0.4 is 0 Å². The summed E-state index contributed by atoms with van der Waals surface area (Å²) in [5, 5.41) is 20.7. The second kappa shape index (κ2) is 6.21. The number of nitrogens with zero attached hydrogens (tertiary/aromatic N) is 1. The molecule has 0 amide bonds. The lowest BCUT2D eigenvalue weighted by atomic mass is 9.84. The lowest BCUT2D eigenvalue weighted by Gasteiger charge is -2.46. The summed E-state index contributed by atoms with van der Waals surface area (Å²) in [7, 11) is 0. The molecule has 1 aliphatic heterocycles. The highest BCUT2D eigenvalue weighted by Crippen LogP contribution is 2.36. The number of β-amino-alcohol motifs (C(OH)–C–C–N with tert-alkyl or cyclic N) is 1. The van der Waals surface area contributed by atoms with Gasteiger partial charge in [-0.25, -0.2) is 0 Å². The van der Waals surface area contributed by atoms with Crippen LogP contribution in [0.5, 0.6) is 0 Å². The van der Waals surface area contributed by atoms with Crippen molar-refractivity contribution in [2.24, 2.45) is 0 Å². The minimum atomic E-state index is -1.07. The third-order valence-corrected chi connectivity index (χ3v) is 4.54. The minimum absolute atomic E-state index is 0.122. The fourth-order valence-corrected chi connectivity index (χ4v) is 3.25. The summed E-state index contributed by atoms with van der Waals surface area (Å²) in [6, 6.07) is 20.6. The first-order valence-electron chi connectivity index (χ1n) is 7.79. The van der Waals surface area contributed by atoms with E-state index in [1.165, 1.54) is 11.1 Å². The average molecular weight is 297 g/mol. The Bertz CT molecular complexity index is 597. The van der Waals surface area contributed by atoms with Crippen LogP contribution in [-0.2, 0) is 6.54 Å². The Balaban J connectivity index is 1.88. The van der Waals surface area contributed by atoms with Gasteiger partial charge < -0.3 is 10.2 Å². The summed E-state index contributed by atoms with van der Waals surface area (Å²) in [5.74, 6) is 0. The van der Waals surface area contributed by atoms with E-state index < -0.39 is 11.7 Å². The van der Waals surface area contributed by atoms with Crippen molar-refractivity contribution in [3.63, 3.8) is 0 Å². The van der Waals surface area contributed by atoms with Crippen LogP contribution in [0.25, 0.3) is 0 Å². The quantitative estimate of drug-likeness (QED) is 0.915. The minimum Gasteiger partial charge on any atom is -0.390 e. The van der Waals surface area contributed by atoms with Crippen molar-refractivity contribution < 1.29 is 10.2 Å². The van der Waals surface area contributed by atoms with Gasteiger partial charge in [0.25, 0.3) is 0 Å². The summed E-state index contributed by atoms with van der Waals surface area (Å²) in [5.41, 5.74) is 1.34. The Hall–Kier alpha value is -1.68. The normalized spacial score (nSPS) is 29.4. The summed E-state index contributed by atoms with van der Waals surface area (Å²) < 4.78 is 0. The van der Waals surface area contributed by atoms with E-state index in [1.807, 2.05) is 36.4 Å². The predicted molar refractivity (Wildman–Crippen MR) is 87.3 cm³/mol. The van der Waals surface area contributed by atoms with E-state index in [4.69, 9.17) is 0 Å². The molecule has 0 unspecified atom stereocenters. The third-order valence-electron chi connectivity index (χ3n) is 4.54. The van der Waals surface area contributed by atoms with Crippen LogP contribution >= 0.6 is 0 Å². The number of benzene rings is 2. The fourth-order valence-electron chi connectivity index (χ4n) is 3.25. The van der Waals surface area contributed by atoms with Crippen LogP contribution in [0.4, 0.5) is 0 Å². The Morgan fingerprint density at radius 1 is 1.05 bits per heavy atom. The molecule has 0 aliphatic carbocycles. The fraction of sp³-hybridized carbons (Fsp3) is 0.368. The van der Waals surface area contributed by atoms with Gasteiger partial charge in [0, 0.05) is 19.1 Å². The summed E-state index contributed by atoms with van der Waals surface area (Å²) >= 11 is 0. The Labute approximate surface area is 131 Å². The second-order valence-electron chi connectivity index (χ2n) is 6.43. The van der Waals surface area contributed by atoms with Crippen LogP contribution in [0, 0.1) is 0 Å². The molecule has 0 saturated carbocycles. The molecule has 3 nitrogen and oxygen atoms in total. The van der Waals surface area contributed by atoms with Crippen molar-refractivity contribution in [1.82, 2.24) is 4.90 Å². The highest BCUT2D eigenvalue weighted by Gasteiger charge is 2.42. The summed E-state index contributed by atoms with van der Waals surface area (Å²) in [6.45, 7) is 2.95. The zero-order valence-electron chi connectivity index (χ0n) is 12.9. The number of piperidine rings is 1. The highest BCUT2D eigenvalue weighted by molar-refractivity contribution is 5.22. The average Bonchev–Trinajstić information content (AvgIpc) is 2.52. The molecule has 1 fully saturated rings. The van der Waals surface area contributed by atoms with Crippen molar-refractivity contribution in [1.29, 1.82) is 0 Å². The van der Waals surface area contributed by atoms with Crippen LogP contribution in [-0.4, -0.2) is 33.4 Å². The smallest absolute Gasteiger partial charge is 0.100 e. The molecular weight excluding hydrogens is 274 g/mol. The molecule has 3 heteroatoms. The molecule has 2 aromatic carbocycles. The van der Waals surface area contributed by atoms with Gasteiger partial charge in [-0.15, -0.1) is 0 Å². The van der Waals surface area contributed by atoms with Gasteiger partial charge in [0.1, 0.15) is 5.60 Å². The van der Waals surface area contributed by atoms with Crippen molar-refractivity contribution >= 4 is 0 Å². The highest BCUT2D eigenvalue weighted by atomic mass is 16.3. The van der Waals surface area contributed by atoms with Gasteiger partial charge in [0.2, 0.25) is 0 Å². The van der Waals surface area contributed by atoms with E-state index in [9.17, 15) is 10.2 Å². The molecular formula is C19H23NO2. The molecule has 3 atom stereocenters. The molecule has 0 aromatic heterocycles. The number of rotatable bonds is 3. The molecule has 2 N–H and O–H groups in total. The summed E-state index contributed by atoms with van der Waals surface area (Å²) in [4.78, 5) is 2.26. The first kappa shape index (κ1) is 15.2. The van der Waals surface area contributed by atoms with E-state index in [2.05, 4.69) is 29.2 Å². The first-order valence-corrected chi connectivity index (χ1v) is 7.79. The Morgan fingerprint density at radius 3 is 2.27 bits per heavy atom. The van der Waals surface area contributed by atoms with Crippen LogP contribution in [0.1, 0.15) is 30.5 Å². The Morgan fingerprint density at radius 2 is 1.64 bits per heavy atom. The lowest BCUT2D eigenvalue weighted by molar-refractivity contribution is -0.129. The number of hydrogen-bond acceptors (Lipinski definition) is 3. The topological polar surface area (TPSA) is 43.7 Å². The zero-order valence-corrected chi connectivity index (χ0v) is 12.9. The number of hydrogen-bond donors (Lipinski definition) is 2. The first-order chi connectivity index (χ1) is 10.6. The molecule has 1 saturated heterocycles. The standard InChI is InChI=1S/C19H23NO2/c1-19(22)14-20(13-15-8-4-2-5-9-15)17(12-18(19)21)16-10-6-3-7-11-16/h2-11,17-18,21-22H,12-14H2,1H3/t17-,18+,19+/m1/s1.